The molecule has 2 aromatic rings. The van der Waals surface area contributed by atoms with Crippen molar-refractivity contribution >= 4 is 15.9 Å². The van der Waals surface area contributed by atoms with Crippen LogP contribution in [0.3, 0.4) is 0 Å². The Morgan fingerprint density at radius 2 is 1.92 bits per heavy atom. The van der Waals surface area contributed by atoms with Crippen molar-refractivity contribution in [2.24, 2.45) is 4.99 Å². The molecule has 0 saturated heterocycles. The van der Waals surface area contributed by atoms with Gasteiger partial charge in [0, 0.05) is 18.7 Å². The average molecular weight is 370 g/mol. The number of hydrogen-bond donors (Lipinski definition) is 1. The summed E-state index contributed by atoms with van der Waals surface area (Å²) in [5, 5.41) is 0. The molecule has 1 N–H and O–H groups in total. The molecule has 4 rings (SSSR count). The van der Waals surface area contributed by atoms with Crippen LogP contribution in [-0.4, -0.2) is 27.4 Å². The van der Waals surface area contributed by atoms with Crippen LogP contribution >= 0.6 is 0 Å². The van der Waals surface area contributed by atoms with Gasteiger partial charge in [0.25, 0.3) is 10.0 Å². The molecule has 0 spiro atoms. The maximum atomic E-state index is 12.1. The molecule has 2 aromatic carbocycles. The maximum Gasteiger partial charge on any atom is 0.263 e. The van der Waals surface area contributed by atoms with Crippen molar-refractivity contribution in [1.82, 2.24) is 4.72 Å². The largest absolute Gasteiger partial charge is 0.373 e. The second-order valence-electron chi connectivity index (χ2n) is 6.64. The van der Waals surface area contributed by atoms with Crippen LogP contribution in [-0.2, 0) is 21.2 Å². The van der Waals surface area contributed by atoms with Gasteiger partial charge in [0.15, 0.2) is 0 Å². The molecule has 0 aromatic heterocycles. The molecule has 5 nitrogen and oxygen atoms in total. The summed E-state index contributed by atoms with van der Waals surface area (Å²) in [6.45, 7) is 1.14. The Morgan fingerprint density at radius 3 is 2.85 bits per heavy atom. The fourth-order valence-electron chi connectivity index (χ4n) is 3.61. The molecule has 2 aliphatic rings. The lowest BCUT2D eigenvalue weighted by Gasteiger charge is -2.25. The number of nitrogens with one attached hydrogen (secondary N) is 1. The van der Waals surface area contributed by atoms with E-state index in [0.29, 0.717) is 29.4 Å². The highest BCUT2D eigenvalue weighted by Crippen LogP contribution is 2.32. The Morgan fingerprint density at radius 1 is 1.12 bits per heavy atom. The van der Waals surface area contributed by atoms with E-state index in [9.17, 15) is 8.42 Å². The van der Waals surface area contributed by atoms with Crippen LogP contribution in [0.25, 0.3) is 0 Å². The normalized spacial score (nSPS) is 21.8. The van der Waals surface area contributed by atoms with Crippen molar-refractivity contribution in [3.05, 3.63) is 65.2 Å². The predicted molar refractivity (Wildman–Crippen MR) is 101 cm³/mol. The first-order valence-corrected chi connectivity index (χ1v) is 10.5. The molecule has 0 amide bonds. The first-order chi connectivity index (χ1) is 12.6. The summed E-state index contributed by atoms with van der Waals surface area (Å²) >= 11 is 0. The van der Waals surface area contributed by atoms with E-state index in [0.717, 1.165) is 25.7 Å². The van der Waals surface area contributed by atoms with Crippen LogP contribution < -0.4 is 4.72 Å². The molecule has 0 fully saturated rings. The molecular formula is C20H22N2O3S. The summed E-state index contributed by atoms with van der Waals surface area (Å²) in [7, 11) is -3.46. The fraction of sp³-hybridized carbons (Fsp3) is 0.350. The van der Waals surface area contributed by atoms with E-state index in [1.807, 2.05) is 6.07 Å². The third kappa shape index (κ3) is 3.39. The Balaban J connectivity index is 1.34. The zero-order chi connectivity index (χ0) is 18.0. The van der Waals surface area contributed by atoms with Gasteiger partial charge in [-0.25, -0.2) is 8.42 Å². The van der Waals surface area contributed by atoms with Gasteiger partial charge in [-0.1, -0.05) is 36.4 Å². The molecule has 0 saturated carbocycles. The van der Waals surface area contributed by atoms with Crippen molar-refractivity contribution in [1.29, 1.82) is 0 Å². The smallest absolute Gasteiger partial charge is 0.263 e. The summed E-state index contributed by atoms with van der Waals surface area (Å²) in [5.74, 6) is 0.434. The lowest BCUT2D eigenvalue weighted by Crippen LogP contribution is -2.22. The van der Waals surface area contributed by atoms with Crippen LogP contribution in [0.15, 0.2) is 58.4 Å². The van der Waals surface area contributed by atoms with Gasteiger partial charge in [-0.2, -0.15) is 0 Å². The van der Waals surface area contributed by atoms with E-state index < -0.39 is 10.0 Å². The Hall–Kier alpha value is -2.18. The highest BCUT2D eigenvalue weighted by Gasteiger charge is 2.29. The van der Waals surface area contributed by atoms with Gasteiger partial charge in [0.1, 0.15) is 5.84 Å². The van der Waals surface area contributed by atoms with E-state index in [1.165, 1.54) is 11.1 Å². The van der Waals surface area contributed by atoms with Crippen molar-refractivity contribution < 1.29 is 13.2 Å². The number of benzene rings is 2. The van der Waals surface area contributed by atoms with E-state index in [1.54, 1.807) is 18.2 Å². The van der Waals surface area contributed by atoms with Crippen molar-refractivity contribution in [2.45, 2.75) is 36.7 Å². The van der Waals surface area contributed by atoms with Gasteiger partial charge in [0.2, 0.25) is 0 Å². The topological polar surface area (TPSA) is 67.8 Å². The lowest BCUT2D eigenvalue weighted by atomic mass is 9.89. The van der Waals surface area contributed by atoms with Crippen molar-refractivity contribution in [3.63, 3.8) is 0 Å². The quantitative estimate of drug-likeness (QED) is 0.822. The lowest BCUT2D eigenvalue weighted by molar-refractivity contribution is 0.0403. The molecule has 1 aliphatic heterocycles. The van der Waals surface area contributed by atoms with Gasteiger partial charge in [0.05, 0.1) is 11.0 Å². The number of nitrogens with zero attached hydrogens (tertiary/aromatic N) is 1. The average Bonchev–Trinajstić information content (AvgIpc) is 2.92. The minimum absolute atomic E-state index is 0.165. The Bertz CT molecular complexity index is 938. The van der Waals surface area contributed by atoms with Crippen LogP contribution in [0.4, 0.5) is 0 Å². The molecule has 1 atom stereocenters. The second-order valence-corrected chi connectivity index (χ2v) is 8.29. The van der Waals surface area contributed by atoms with Crippen LogP contribution in [0, 0.1) is 0 Å². The van der Waals surface area contributed by atoms with Crippen LogP contribution in [0.2, 0.25) is 0 Å². The number of aryl methyl sites for hydroxylation is 1. The number of fused-ring (bicyclic) bond motifs is 2. The third-order valence-corrected chi connectivity index (χ3v) is 6.27. The number of ether oxygens (including phenoxy) is 1. The molecule has 1 aliphatic carbocycles. The SMILES string of the molecule is O=S1(=O)NC(=NCCCOC2CCCc3ccccc32)c2ccccc21. The van der Waals surface area contributed by atoms with Crippen LogP contribution in [0.5, 0.6) is 0 Å². The van der Waals surface area contributed by atoms with E-state index in [2.05, 4.69) is 34.0 Å². The van der Waals surface area contributed by atoms with Gasteiger partial charge in [-0.15, -0.1) is 0 Å². The summed E-state index contributed by atoms with van der Waals surface area (Å²) in [6.07, 6.45) is 4.26. The van der Waals surface area contributed by atoms with E-state index in [-0.39, 0.29) is 6.10 Å². The van der Waals surface area contributed by atoms with E-state index >= 15 is 0 Å². The van der Waals surface area contributed by atoms with Gasteiger partial charge in [-0.3, -0.25) is 9.71 Å². The highest BCUT2D eigenvalue weighted by molar-refractivity contribution is 7.90. The zero-order valence-electron chi connectivity index (χ0n) is 14.5. The van der Waals surface area contributed by atoms with E-state index in [4.69, 9.17) is 4.74 Å². The Labute approximate surface area is 154 Å². The summed E-state index contributed by atoms with van der Waals surface area (Å²) < 4.78 is 32.7. The second kappa shape index (κ2) is 7.21. The molecule has 1 unspecified atom stereocenters. The molecule has 0 radical (unpaired) electrons. The van der Waals surface area contributed by atoms with Gasteiger partial charge >= 0.3 is 0 Å². The predicted octanol–water partition coefficient (Wildman–Crippen LogP) is 3.21. The zero-order valence-corrected chi connectivity index (χ0v) is 15.3. The van der Waals surface area contributed by atoms with Gasteiger partial charge < -0.3 is 4.74 Å². The van der Waals surface area contributed by atoms with Crippen molar-refractivity contribution in [3.8, 4) is 0 Å². The first-order valence-electron chi connectivity index (χ1n) is 9.01. The molecule has 6 heteroatoms. The first kappa shape index (κ1) is 17.2. The Kier molecular flexibility index (Phi) is 4.78. The molecule has 0 bridgehead atoms. The minimum Gasteiger partial charge on any atom is -0.373 e. The summed E-state index contributed by atoms with van der Waals surface area (Å²) in [6, 6.07) is 15.4. The number of rotatable bonds is 5. The monoisotopic (exact) mass is 370 g/mol. The van der Waals surface area contributed by atoms with Crippen LogP contribution in [0.1, 0.15) is 42.1 Å². The minimum atomic E-state index is -3.46. The van der Waals surface area contributed by atoms with Gasteiger partial charge in [-0.05, 0) is 48.9 Å². The molecular weight excluding hydrogens is 348 g/mol. The fourth-order valence-corrected chi connectivity index (χ4v) is 4.87. The molecule has 1 heterocycles. The summed E-state index contributed by atoms with van der Waals surface area (Å²) in [4.78, 5) is 4.73. The standard InChI is InChI=1S/C20H22N2O3S/c23-26(24)19-12-4-3-10-17(19)20(22-26)21-13-6-14-25-18-11-5-8-15-7-1-2-9-16(15)18/h1-4,7,9-10,12,18H,5-6,8,11,13-14H2,(H,21,22). The maximum absolute atomic E-state index is 12.1. The number of sulfonamides is 1. The highest BCUT2D eigenvalue weighted by atomic mass is 32.2. The third-order valence-electron chi connectivity index (χ3n) is 4.87. The van der Waals surface area contributed by atoms with Crippen molar-refractivity contribution in [2.75, 3.05) is 13.2 Å². The molecule has 136 valence electrons. The number of hydrogen-bond acceptors (Lipinski definition) is 4. The molecule has 26 heavy (non-hydrogen) atoms. The number of amidine groups is 1. The summed E-state index contributed by atoms with van der Waals surface area (Å²) in [5.41, 5.74) is 3.35. The number of aliphatic imine (C=N–C) groups is 1.